The highest BCUT2D eigenvalue weighted by atomic mass is 32.2. The van der Waals surface area contributed by atoms with Crippen molar-refractivity contribution in [2.45, 2.75) is 53.5 Å². The van der Waals surface area contributed by atoms with Crippen molar-refractivity contribution >= 4 is 16.0 Å². The molecule has 7 nitrogen and oxygen atoms in total. The largest absolute Gasteiger partial charge is 0.357 e. The summed E-state index contributed by atoms with van der Waals surface area (Å²) in [6, 6.07) is 0.325. The topological polar surface area (TPSA) is 85.8 Å². The summed E-state index contributed by atoms with van der Waals surface area (Å²) in [4.78, 5) is 6.85. The van der Waals surface area contributed by atoms with Crippen LogP contribution < -0.4 is 15.4 Å². The molecule has 1 unspecified atom stereocenters. The molecule has 0 amide bonds. The predicted molar refractivity (Wildman–Crippen MR) is 103 cm³/mol. The second kappa shape index (κ2) is 13.4. The molecular formula is C16H37N5O2S. The molecule has 0 bridgehead atoms. The van der Waals surface area contributed by atoms with E-state index in [1.54, 1.807) is 6.92 Å². The van der Waals surface area contributed by atoms with Crippen molar-refractivity contribution in [2.24, 2.45) is 4.99 Å². The van der Waals surface area contributed by atoms with Crippen LogP contribution in [-0.4, -0.2) is 70.3 Å². The number of nitrogens with one attached hydrogen (secondary N) is 3. The minimum absolute atomic E-state index is 0.0958. The summed E-state index contributed by atoms with van der Waals surface area (Å²) in [5, 5.41) is 6.58. The first-order chi connectivity index (χ1) is 11.4. The Morgan fingerprint density at radius 1 is 1.17 bits per heavy atom. The van der Waals surface area contributed by atoms with Crippen molar-refractivity contribution < 1.29 is 8.42 Å². The van der Waals surface area contributed by atoms with Gasteiger partial charge in [-0.15, -0.1) is 0 Å². The first-order valence-electron chi connectivity index (χ1n) is 9.12. The van der Waals surface area contributed by atoms with Crippen LogP contribution in [-0.2, 0) is 10.0 Å². The van der Waals surface area contributed by atoms with E-state index >= 15 is 0 Å². The average molecular weight is 364 g/mol. The highest BCUT2D eigenvalue weighted by Gasteiger charge is 2.07. The molecule has 0 fully saturated rings. The van der Waals surface area contributed by atoms with Crippen molar-refractivity contribution in [1.29, 1.82) is 0 Å². The van der Waals surface area contributed by atoms with E-state index in [-0.39, 0.29) is 5.75 Å². The number of hydrogen-bond donors (Lipinski definition) is 3. The highest BCUT2D eigenvalue weighted by Crippen LogP contribution is 1.99. The minimum Gasteiger partial charge on any atom is -0.357 e. The van der Waals surface area contributed by atoms with Gasteiger partial charge in [0.15, 0.2) is 5.96 Å². The smallest absolute Gasteiger partial charge is 0.211 e. The molecule has 0 aliphatic heterocycles. The maximum Gasteiger partial charge on any atom is 0.211 e. The Morgan fingerprint density at radius 2 is 1.83 bits per heavy atom. The van der Waals surface area contributed by atoms with Gasteiger partial charge in [0.25, 0.3) is 0 Å². The molecule has 144 valence electrons. The lowest BCUT2D eigenvalue weighted by Crippen LogP contribution is -2.43. The second-order valence-electron chi connectivity index (χ2n) is 5.77. The number of hydrogen-bond acceptors (Lipinski definition) is 4. The maximum absolute atomic E-state index is 11.4. The monoisotopic (exact) mass is 363 g/mol. The van der Waals surface area contributed by atoms with Crippen molar-refractivity contribution in [1.82, 2.24) is 20.3 Å². The Hall–Kier alpha value is -0.860. The molecule has 24 heavy (non-hydrogen) atoms. The molecule has 0 aliphatic rings. The van der Waals surface area contributed by atoms with Crippen molar-refractivity contribution in [3.05, 3.63) is 0 Å². The maximum atomic E-state index is 11.4. The van der Waals surface area contributed by atoms with Gasteiger partial charge in [0, 0.05) is 19.1 Å². The Bertz CT molecular complexity index is 436. The van der Waals surface area contributed by atoms with E-state index in [9.17, 15) is 8.42 Å². The summed E-state index contributed by atoms with van der Waals surface area (Å²) < 4.78 is 25.3. The molecular weight excluding hydrogens is 326 g/mol. The van der Waals surface area contributed by atoms with Crippen LogP contribution in [0.15, 0.2) is 4.99 Å². The van der Waals surface area contributed by atoms with Crippen molar-refractivity contribution in [3.63, 3.8) is 0 Å². The van der Waals surface area contributed by atoms with Gasteiger partial charge in [0.05, 0.1) is 12.3 Å². The number of sulfonamides is 1. The van der Waals surface area contributed by atoms with E-state index in [1.807, 2.05) is 6.92 Å². The van der Waals surface area contributed by atoms with Gasteiger partial charge in [-0.25, -0.2) is 13.1 Å². The summed E-state index contributed by atoms with van der Waals surface area (Å²) in [5.41, 5.74) is 0. The van der Waals surface area contributed by atoms with E-state index in [0.717, 1.165) is 45.0 Å². The summed E-state index contributed by atoms with van der Waals surface area (Å²) in [6.07, 6.45) is 2.22. The number of rotatable bonds is 13. The Morgan fingerprint density at radius 3 is 2.38 bits per heavy atom. The van der Waals surface area contributed by atoms with Gasteiger partial charge >= 0.3 is 0 Å². The van der Waals surface area contributed by atoms with Crippen LogP contribution in [0.4, 0.5) is 0 Å². The third-order valence-electron chi connectivity index (χ3n) is 3.82. The standard InChI is InChI=1S/C16H37N5O2S/c1-6-17-16(18-12-13-19-24(22,23)9-4)20-15(5)11-10-14-21(7-2)8-3/h15,19H,6-14H2,1-5H3,(H2,17,18,20). The van der Waals surface area contributed by atoms with Crippen LogP contribution in [0.3, 0.4) is 0 Å². The number of aliphatic imine (C=N–C) groups is 1. The number of nitrogens with zero attached hydrogens (tertiary/aromatic N) is 2. The fourth-order valence-electron chi connectivity index (χ4n) is 2.26. The normalized spacial score (nSPS) is 14.0. The zero-order valence-corrected chi connectivity index (χ0v) is 16.9. The van der Waals surface area contributed by atoms with Gasteiger partial charge in [0.1, 0.15) is 0 Å². The van der Waals surface area contributed by atoms with Gasteiger partial charge in [-0.1, -0.05) is 13.8 Å². The number of guanidine groups is 1. The average Bonchev–Trinajstić information content (AvgIpc) is 2.55. The summed E-state index contributed by atoms with van der Waals surface area (Å²) in [5.74, 6) is 0.835. The SMILES string of the molecule is CCNC(=NCCNS(=O)(=O)CC)NC(C)CCCN(CC)CC. The lowest BCUT2D eigenvalue weighted by Gasteiger charge is -2.21. The molecule has 0 saturated carbocycles. The molecule has 0 aromatic rings. The summed E-state index contributed by atoms with van der Waals surface area (Å²) >= 11 is 0. The molecule has 0 saturated heterocycles. The Kier molecular flexibility index (Phi) is 13.0. The quantitative estimate of drug-likeness (QED) is 0.258. The van der Waals surface area contributed by atoms with Gasteiger partial charge in [0.2, 0.25) is 10.0 Å². The van der Waals surface area contributed by atoms with Crippen LogP contribution in [0.25, 0.3) is 0 Å². The molecule has 3 N–H and O–H groups in total. The molecule has 0 heterocycles. The highest BCUT2D eigenvalue weighted by molar-refractivity contribution is 7.89. The predicted octanol–water partition coefficient (Wildman–Crippen LogP) is 0.991. The Balaban J connectivity index is 4.22. The van der Waals surface area contributed by atoms with Gasteiger partial charge < -0.3 is 15.5 Å². The van der Waals surface area contributed by atoms with Crippen LogP contribution >= 0.6 is 0 Å². The summed E-state index contributed by atoms with van der Waals surface area (Å²) in [6.45, 7) is 15.0. The van der Waals surface area contributed by atoms with Gasteiger partial charge in [-0.2, -0.15) is 0 Å². The zero-order chi connectivity index (χ0) is 18.4. The van der Waals surface area contributed by atoms with Crippen molar-refractivity contribution in [2.75, 3.05) is 45.0 Å². The summed E-state index contributed by atoms with van der Waals surface area (Å²) in [7, 11) is -3.14. The second-order valence-corrected chi connectivity index (χ2v) is 7.87. The van der Waals surface area contributed by atoms with Crippen LogP contribution in [0.5, 0.6) is 0 Å². The van der Waals surface area contributed by atoms with E-state index in [2.05, 4.69) is 46.0 Å². The van der Waals surface area contributed by atoms with E-state index in [1.165, 1.54) is 0 Å². The fourth-order valence-corrected chi connectivity index (χ4v) is 2.86. The van der Waals surface area contributed by atoms with E-state index in [0.29, 0.717) is 19.1 Å². The molecule has 8 heteroatoms. The van der Waals surface area contributed by atoms with E-state index in [4.69, 9.17) is 0 Å². The molecule has 0 aromatic carbocycles. The first-order valence-corrected chi connectivity index (χ1v) is 10.8. The molecule has 0 aliphatic carbocycles. The molecule has 0 aromatic heterocycles. The lowest BCUT2D eigenvalue weighted by atomic mass is 10.2. The lowest BCUT2D eigenvalue weighted by molar-refractivity contribution is 0.292. The van der Waals surface area contributed by atoms with Crippen LogP contribution in [0.1, 0.15) is 47.5 Å². The third-order valence-corrected chi connectivity index (χ3v) is 5.22. The van der Waals surface area contributed by atoms with Crippen LogP contribution in [0.2, 0.25) is 0 Å². The molecule has 0 radical (unpaired) electrons. The zero-order valence-electron chi connectivity index (χ0n) is 16.1. The molecule has 0 rings (SSSR count). The molecule has 1 atom stereocenters. The first kappa shape index (κ1) is 23.1. The van der Waals surface area contributed by atoms with Gasteiger partial charge in [-0.3, -0.25) is 4.99 Å². The molecule has 0 spiro atoms. The third kappa shape index (κ3) is 11.6. The van der Waals surface area contributed by atoms with Gasteiger partial charge in [-0.05, 0) is 53.2 Å². The fraction of sp³-hybridized carbons (Fsp3) is 0.938. The van der Waals surface area contributed by atoms with E-state index < -0.39 is 10.0 Å². The minimum atomic E-state index is -3.14. The Labute approximate surface area is 148 Å². The van der Waals surface area contributed by atoms with Crippen molar-refractivity contribution in [3.8, 4) is 0 Å². The van der Waals surface area contributed by atoms with Crippen LogP contribution in [0, 0.1) is 0 Å².